The Morgan fingerprint density at radius 1 is 1.60 bits per heavy atom. The third-order valence-electron chi connectivity index (χ3n) is 3.05. The number of aryl methyl sites for hydroxylation is 1. The fourth-order valence-electron chi connectivity index (χ4n) is 2.06. The van der Waals surface area contributed by atoms with Gasteiger partial charge in [-0.2, -0.15) is 0 Å². The van der Waals surface area contributed by atoms with Crippen molar-refractivity contribution in [2.24, 2.45) is 12.8 Å². The monoisotopic (exact) mass is 209 g/mol. The first-order chi connectivity index (χ1) is 7.25. The van der Waals surface area contributed by atoms with Crippen LogP contribution in [0.15, 0.2) is 12.5 Å². The minimum absolute atomic E-state index is 0.329. The predicted molar refractivity (Wildman–Crippen MR) is 58.2 cm³/mol. The molecular formula is C11H19N3O. The molecule has 4 nitrogen and oxygen atoms in total. The Hall–Kier alpha value is -0.870. The lowest BCUT2D eigenvalue weighted by Crippen LogP contribution is -2.32. The van der Waals surface area contributed by atoms with Gasteiger partial charge in [-0.05, 0) is 25.7 Å². The van der Waals surface area contributed by atoms with Gasteiger partial charge in [-0.15, -0.1) is 0 Å². The van der Waals surface area contributed by atoms with Gasteiger partial charge in [0.2, 0.25) is 0 Å². The second-order valence-corrected chi connectivity index (χ2v) is 4.36. The van der Waals surface area contributed by atoms with Gasteiger partial charge in [0.25, 0.3) is 0 Å². The number of nitrogens with zero attached hydrogens (tertiary/aromatic N) is 2. The van der Waals surface area contributed by atoms with Crippen LogP contribution in [0.4, 0.5) is 0 Å². The summed E-state index contributed by atoms with van der Waals surface area (Å²) in [5.41, 5.74) is 7.03. The standard InChI is InChI=1S/C11H19N3O/c1-14-8-13-6-10(14)7-15-11-4-2-3-9(12)5-11/h6,8-9,11H,2-5,7,12H2,1H3. The lowest BCUT2D eigenvalue weighted by atomic mass is 9.94. The lowest BCUT2D eigenvalue weighted by Gasteiger charge is -2.26. The molecule has 2 N–H and O–H groups in total. The van der Waals surface area contributed by atoms with E-state index in [9.17, 15) is 0 Å². The Balaban J connectivity index is 1.80. The van der Waals surface area contributed by atoms with Crippen LogP contribution in [-0.4, -0.2) is 21.7 Å². The molecule has 0 bridgehead atoms. The lowest BCUT2D eigenvalue weighted by molar-refractivity contribution is 0.00974. The van der Waals surface area contributed by atoms with Gasteiger partial charge in [-0.25, -0.2) is 4.98 Å². The smallest absolute Gasteiger partial charge is 0.0946 e. The number of nitrogens with two attached hydrogens (primary N) is 1. The molecule has 84 valence electrons. The highest BCUT2D eigenvalue weighted by Gasteiger charge is 2.19. The number of ether oxygens (including phenoxy) is 1. The van der Waals surface area contributed by atoms with Crippen LogP contribution in [0.2, 0.25) is 0 Å². The predicted octanol–water partition coefficient (Wildman–Crippen LogP) is 1.21. The maximum Gasteiger partial charge on any atom is 0.0946 e. The maximum atomic E-state index is 5.91. The van der Waals surface area contributed by atoms with E-state index in [2.05, 4.69) is 4.98 Å². The van der Waals surface area contributed by atoms with Gasteiger partial charge in [-0.3, -0.25) is 0 Å². The fourth-order valence-corrected chi connectivity index (χ4v) is 2.06. The molecule has 2 atom stereocenters. The fraction of sp³-hybridized carbons (Fsp3) is 0.727. The normalized spacial score (nSPS) is 26.8. The Bertz CT molecular complexity index is 311. The number of imidazole rings is 1. The third kappa shape index (κ3) is 2.79. The van der Waals surface area contributed by atoms with Crippen molar-refractivity contribution in [3.63, 3.8) is 0 Å². The number of hydrogen-bond donors (Lipinski definition) is 1. The van der Waals surface area contributed by atoms with Crippen LogP contribution in [0.1, 0.15) is 31.4 Å². The molecule has 1 saturated carbocycles. The molecule has 2 unspecified atom stereocenters. The summed E-state index contributed by atoms with van der Waals surface area (Å²) in [5, 5.41) is 0. The van der Waals surface area contributed by atoms with Crippen molar-refractivity contribution in [2.45, 2.75) is 44.4 Å². The Labute approximate surface area is 90.4 Å². The average molecular weight is 209 g/mol. The zero-order valence-corrected chi connectivity index (χ0v) is 9.22. The first kappa shape index (κ1) is 10.6. The number of aromatic nitrogens is 2. The summed E-state index contributed by atoms with van der Waals surface area (Å²) in [6.07, 6.45) is 8.46. The van der Waals surface area contributed by atoms with Crippen LogP contribution in [0.25, 0.3) is 0 Å². The van der Waals surface area contributed by atoms with Crippen LogP contribution in [0, 0.1) is 0 Å². The molecule has 2 rings (SSSR count). The molecule has 0 aromatic carbocycles. The molecule has 0 spiro atoms. The molecule has 1 aromatic heterocycles. The third-order valence-corrected chi connectivity index (χ3v) is 3.05. The second-order valence-electron chi connectivity index (χ2n) is 4.36. The van der Waals surface area contributed by atoms with Gasteiger partial charge in [0.15, 0.2) is 0 Å². The molecule has 0 aliphatic heterocycles. The van der Waals surface area contributed by atoms with Gasteiger partial charge < -0.3 is 15.0 Å². The topological polar surface area (TPSA) is 53.1 Å². The van der Waals surface area contributed by atoms with Crippen LogP contribution in [-0.2, 0) is 18.4 Å². The van der Waals surface area contributed by atoms with E-state index < -0.39 is 0 Å². The van der Waals surface area contributed by atoms with Crippen molar-refractivity contribution in [3.8, 4) is 0 Å². The SMILES string of the molecule is Cn1cncc1COC1CCCC(N)C1. The first-order valence-corrected chi connectivity index (χ1v) is 5.58. The average Bonchev–Trinajstić information content (AvgIpc) is 2.61. The molecule has 15 heavy (non-hydrogen) atoms. The van der Waals surface area contributed by atoms with Crippen LogP contribution < -0.4 is 5.73 Å². The van der Waals surface area contributed by atoms with E-state index in [0.717, 1.165) is 25.0 Å². The van der Waals surface area contributed by atoms with Gasteiger partial charge in [-0.1, -0.05) is 0 Å². The second kappa shape index (κ2) is 4.77. The summed E-state index contributed by atoms with van der Waals surface area (Å²) < 4.78 is 7.83. The zero-order valence-electron chi connectivity index (χ0n) is 9.22. The van der Waals surface area contributed by atoms with Crippen LogP contribution in [0.5, 0.6) is 0 Å². The van der Waals surface area contributed by atoms with Crippen LogP contribution in [0.3, 0.4) is 0 Å². The van der Waals surface area contributed by atoms with Crippen molar-refractivity contribution in [1.82, 2.24) is 9.55 Å². The van der Waals surface area contributed by atoms with Crippen LogP contribution >= 0.6 is 0 Å². The van der Waals surface area contributed by atoms with Gasteiger partial charge in [0.05, 0.1) is 30.9 Å². The molecule has 4 heteroatoms. The Morgan fingerprint density at radius 3 is 3.13 bits per heavy atom. The van der Waals surface area contributed by atoms with Crippen molar-refractivity contribution < 1.29 is 4.74 Å². The van der Waals surface area contributed by atoms with Gasteiger partial charge in [0.1, 0.15) is 0 Å². The summed E-state index contributed by atoms with van der Waals surface area (Å²) in [6.45, 7) is 0.647. The highest BCUT2D eigenvalue weighted by Crippen LogP contribution is 2.20. The van der Waals surface area contributed by atoms with Gasteiger partial charge in [0, 0.05) is 13.1 Å². The molecule has 0 radical (unpaired) electrons. The Morgan fingerprint density at radius 2 is 2.47 bits per heavy atom. The highest BCUT2D eigenvalue weighted by molar-refractivity contribution is 4.95. The maximum absolute atomic E-state index is 5.91. The zero-order chi connectivity index (χ0) is 10.7. The first-order valence-electron chi connectivity index (χ1n) is 5.58. The molecular weight excluding hydrogens is 190 g/mol. The van der Waals surface area contributed by atoms with Crippen molar-refractivity contribution in [1.29, 1.82) is 0 Å². The molecule has 0 amide bonds. The summed E-state index contributed by atoms with van der Waals surface area (Å²) in [5.74, 6) is 0. The van der Waals surface area contributed by atoms with Crippen molar-refractivity contribution in [3.05, 3.63) is 18.2 Å². The van der Waals surface area contributed by atoms with E-state index in [1.54, 1.807) is 6.33 Å². The van der Waals surface area contributed by atoms with Gasteiger partial charge >= 0.3 is 0 Å². The van der Waals surface area contributed by atoms with E-state index >= 15 is 0 Å². The largest absolute Gasteiger partial charge is 0.372 e. The minimum Gasteiger partial charge on any atom is -0.372 e. The molecule has 1 aliphatic rings. The van der Waals surface area contributed by atoms with Crippen molar-refractivity contribution >= 4 is 0 Å². The summed E-state index contributed by atoms with van der Waals surface area (Å²) >= 11 is 0. The molecule has 0 saturated heterocycles. The van der Waals surface area contributed by atoms with E-state index in [1.807, 2.05) is 17.8 Å². The highest BCUT2D eigenvalue weighted by atomic mass is 16.5. The quantitative estimate of drug-likeness (QED) is 0.814. The summed E-state index contributed by atoms with van der Waals surface area (Å²) in [6, 6.07) is 0.329. The van der Waals surface area contributed by atoms with Crippen molar-refractivity contribution in [2.75, 3.05) is 0 Å². The van der Waals surface area contributed by atoms with E-state index in [4.69, 9.17) is 10.5 Å². The Kier molecular flexibility index (Phi) is 3.38. The molecule has 1 heterocycles. The summed E-state index contributed by atoms with van der Waals surface area (Å²) in [4.78, 5) is 4.06. The minimum atomic E-state index is 0.329. The molecule has 1 aromatic rings. The molecule has 1 fully saturated rings. The van der Waals surface area contributed by atoms with E-state index in [1.165, 1.54) is 6.42 Å². The van der Waals surface area contributed by atoms with E-state index in [-0.39, 0.29) is 0 Å². The molecule has 1 aliphatic carbocycles. The summed E-state index contributed by atoms with van der Waals surface area (Å²) in [7, 11) is 1.98. The number of rotatable bonds is 3. The number of hydrogen-bond acceptors (Lipinski definition) is 3. The van der Waals surface area contributed by atoms with E-state index in [0.29, 0.717) is 18.8 Å².